The monoisotopic (exact) mass is 241 g/mol. The fourth-order valence-corrected chi connectivity index (χ4v) is 0.995. The van der Waals surface area contributed by atoms with E-state index in [1.165, 1.54) is 12.1 Å². The van der Waals surface area contributed by atoms with Crippen LogP contribution in [0, 0.1) is 0 Å². The minimum absolute atomic E-state index is 0.247. The first-order valence-corrected chi connectivity index (χ1v) is 3.88. The summed E-state index contributed by atoms with van der Waals surface area (Å²) in [5.41, 5.74) is -0.277. The van der Waals surface area contributed by atoms with E-state index in [9.17, 15) is 8.78 Å². The zero-order valence-electron chi connectivity index (χ0n) is 5.19. The average Bonchev–Trinajstić information content (AvgIpc) is 1.94. The molecule has 0 saturated carbocycles. The molecule has 0 bridgehead atoms. The molecular weight excluding hydrogens is 239 g/mol. The largest absolute Gasteiger partial charge is 0.280 e. The van der Waals surface area contributed by atoms with Gasteiger partial charge in [-0.1, -0.05) is 11.6 Å². The van der Waals surface area contributed by atoms with E-state index < -0.39 is 6.43 Å². The lowest BCUT2D eigenvalue weighted by molar-refractivity contribution is 0.146. The van der Waals surface area contributed by atoms with Gasteiger partial charge in [-0.25, -0.2) is 13.8 Å². The van der Waals surface area contributed by atoms with Crippen LogP contribution in [0.3, 0.4) is 0 Å². The fourth-order valence-electron chi connectivity index (χ4n) is 0.553. The number of hydrogen-bond acceptors (Lipinski definition) is 1. The number of alkyl halides is 2. The number of nitrogens with zero attached hydrogens (tertiary/aromatic N) is 1. The van der Waals surface area contributed by atoms with Crippen LogP contribution in [0.4, 0.5) is 8.78 Å². The van der Waals surface area contributed by atoms with E-state index in [0.717, 1.165) is 0 Å². The second-order valence-corrected chi connectivity index (χ2v) is 2.97. The van der Waals surface area contributed by atoms with Gasteiger partial charge in [0.15, 0.2) is 0 Å². The first-order valence-electron chi connectivity index (χ1n) is 2.71. The molecule has 0 aliphatic rings. The Labute approximate surface area is 75.5 Å². The Bertz CT molecular complexity index is 267. The van der Waals surface area contributed by atoms with Crippen molar-refractivity contribution >= 4 is 27.5 Å². The van der Waals surface area contributed by atoms with Gasteiger partial charge in [-0.3, -0.25) is 0 Å². The number of aromatic nitrogens is 1. The molecule has 5 heteroatoms. The molecule has 11 heavy (non-hydrogen) atoms. The van der Waals surface area contributed by atoms with E-state index in [4.69, 9.17) is 11.6 Å². The predicted octanol–water partition coefficient (Wildman–Crippen LogP) is 3.44. The van der Waals surface area contributed by atoms with Gasteiger partial charge in [0.25, 0.3) is 6.43 Å². The summed E-state index contributed by atoms with van der Waals surface area (Å²) in [5, 5.41) is 0.328. The number of pyridine rings is 1. The lowest BCUT2D eigenvalue weighted by atomic mass is 10.4. The third-order valence-corrected chi connectivity index (χ3v) is 2.19. The van der Waals surface area contributed by atoms with Gasteiger partial charge in [0.2, 0.25) is 0 Å². The molecule has 0 aliphatic carbocycles. The Balaban J connectivity index is 3.05. The van der Waals surface area contributed by atoms with Gasteiger partial charge in [-0.15, -0.1) is 0 Å². The van der Waals surface area contributed by atoms with Crippen LogP contribution in [-0.2, 0) is 0 Å². The molecular formula is C6H3BrClF2N. The zero-order valence-corrected chi connectivity index (χ0v) is 7.53. The van der Waals surface area contributed by atoms with E-state index in [0.29, 0.717) is 5.02 Å². The molecule has 0 atom stereocenters. The van der Waals surface area contributed by atoms with Crippen molar-refractivity contribution in [3.63, 3.8) is 0 Å². The van der Waals surface area contributed by atoms with Crippen molar-refractivity contribution in [3.05, 3.63) is 27.5 Å². The van der Waals surface area contributed by atoms with Crippen molar-refractivity contribution in [1.82, 2.24) is 4.98 Å². The van der Waals surface area contributed by atoms with Crippen LogP contribution in [-0.4, -0.2) is 4.98 Å². The molecule has 1 nitrogen and oxygen atoms in total. The SMILES string of the molecule is FC(F)c1ccc(Cl)c(Br)n1. The van der Waals surface area contributed by atoms with Crippen LogP contribution in [0.1, 0.15) is 12.1 Å². The van der Waals surface area contributed by atoms with E-state index >= 15 is 0 Å². The Morgan fingerprint density at radius 1 is 1.45 bits per heavy atom. The van der Waals surface area contributed by atoms with E-state index in [-0.39, 0.29) is 10.3 Å². The van der Waals surface area contributed by atoms with Crippen molar-refractivity contribution in [2.45, 2.75) is 6.43 Å². The summed E-state index contributed by atoms with van der Waals surface area (Å²) in [6, 6.07) is 2.57. The normalized spacial score (nSPS) is 10.6. The molecule has 0 unspecified atom stereocenters. The molecule has 1 aromatic heterocycles. The number of hydrogen-bond donors (Lipinski definition) is 0. The molecule has 0 radical (unpaired) electrons. The highest BCUT2D eigenvalue weighted by Crippen LogP contribution is 2.24. The lowest BCUT2D eigenvalue weighted by Crippen LogP contribution is -1.89. The summed E-state index contributed by atoms with van der Waals surface area (Å²) in [7, 11) is 0. The predicted molar refractivity (Wildman–Crippen MR) is 41.9 cm³/mol. The minimum Gasteiger partial charge on any atom is -0.238 e. The standard InChI is InChI=1S/C6H3BrClF2N/c7-5-3(8)1-2-4(11-5)6(9)10/h1-2,6H. The van der Waals surface area contributed by atoms with Crippen LogP contribution in [0.5, 0.6) is 0 Å². The fraction of sp³-hybridized carbons (Fsp3) is 0.167. The van der Waals surface area contributed by atoms with Crippen LogP contribution >= 0.6 is 27.5 Å². The molecule has 0 saturated heterocycles. The molecule has 1 aromatic rings. The number of halogens is 4. The lowest BCUT2D eigenvalue weighted by Gasteiger charge is -1.99. The van der Waals surface area contributed by atoms with Crippen molar-refractivity contribution < 1.29 is 8.78 Å². The van der Waals surface area contributed by atoms with Crippen LogP contribution in [0.15, 0.2) is 16.7 Å². The van der Waals surface area contributed by atoms with Gasteiger partial charge >= 0.3 is 0 Å². The van der Waals surface area contributed by atoms with Gasteiger partial charge in [-0.2, -0.15) is 0 Å². The van der Waals surface area contributed by atoms with E-state index in [1.807, 2.05) is 0 Å². The van der Waals surface area contributed by atoms with Crippen molar-refractivity contribution in [3.8, 4) is 0 Å². The van der Waals surface area contributed by atoms with Gasteiger partial charge < -0.3 is 0 Å². The van der Waals surface area contributed by atoms with Crippen molar-refractivity contribution in [2.24, 2.45) is 0 Å². The third-order valence-electron chi connectivity index (χ3n) is 1.05. The summed E-state index contributed by atoms with van der Waals surface area (Å²) in [6.45, 7) is 0. The Kier molecular flexibility index (Phi) is 2.78. The zero-order chi connectivity index (χ0) is 8.43. The molecule has 1 heterocycles. The quantitative estimate of drug-likeness (QED) is 0.688. The second kappa shape index (κ2) is 3.45. The van der Waals surface area contributed by atoms with Gasteiger partial charge in [0.1, 0.15) is 10.3 Å². The van der Waals surface area contributed by atoms with Gasteiger partial charge in [-0.05, 0) is 28.1 Å². The summed E-state index contributed by atoms with van der Waals surface area (Å²) in [6.07, 6.45) is -2.55. The first kappa shape index (κ1) is 8.87. The highest BCUT2D eigenvalue weighted by atomic mass is 79.9. The van der Waals surface area contributed by atoms with Gasteiger partial charge in [0.05, 0.1) is 5.02 Å². The highest BCUT2D eigenvalue weighted by Gasteiger charge is 2.09. The van der Waals surface area contributed by atoms with Crippen molar-refractivity contribution in [2.75, 3.05) is 0 Å². The van der Waals surface area contributed by atoms with Crippen LogP contribution < -0.4 is 0 Å². The maximum atomic E-state index is 12.0. The molecule has 0 N–H and O–H groups in total. The number of rotatable bonds is 1. The third kappa shape index (κ3) is 2.10. The highest BCUT2D eigenvalue weighted by molar-refractivity contribution is 9.10. The molecule has 60 valence electrons. The molecule has 0 spiro atoms. The smallest absolute Gasteiger partial charge is 0.238 e. The molecule has 0 fully saturated rings. The minimum atomic E-state index is -2.55. The first-order chi connectivity index (χ1) is 5.11. The maximum Gasteiger partial charge on any atom is 0.280 e. The topological polar surface area (TPSA) is 12.9 Å². The van der Waals surface area contributed by atoms with E-state index in [2.05, 4.69) is 20.9 Å². The van der Waals surface area contributed by atoms with Gasteiger partial charge in [0, 0.05) is 0 Å². The molecule has 1 rings (SSSR count). The van der Waals surface area contributed by atoms with Crippen LogP contribution in [0.25, 0.3) is 0 Å². The maximum absolute atomic E-state index is 12.0. The Morgan fingerprint density at radius 2 is 2.09 bits per heavy atom. The summed E-state index contributed by atoms with van der Waals surface area (Å²) in [4.78, 5) is 3.51. The summed E-state index contributed by atoms with van der Waals surface area (Å²) >= 11 is 8.47. The molecule has 0 amide bonds. The van der Waals surface area contributed by atoms with Crippen LogP contribution in [0.2, 0.25) is 5.02 Å². The summed E-state index contributed by atoms with van der Waals surface area (Å²) < 4.78 is 24.2. The summed E-state index contributed by atoms with van der Waals surface area (Å²) in [5.74, 6) is 0. The van der Waals surface area contributed by atoms with Crippen molar-refractivity contribution in [1.29, 1.82) is 0 Å². The Hall–Kier alpha value is -0.220. The Morgan fingerprint density at radius 3 is 2.55 bits per heavy atom. The molecule has 0 aromatic carbocycles. The average molecular weight is 242 g/mol. The van der Waals surface area contributed by atoms with E-state index in [1.54, 1.807) is 0 Å². The molecule has 0 aliphatic heterocycles. The second-order valence-electron chi connectivity index (χ2n) is 1.81.